The Labute approximate surface area is 164 Å². The fraction of sp³-hybridized carbons (Fsp3) is 0.400. The normalized spacial score (nSPS) is 15.1. The first-order valence-corrected chi connectivity index (χ1v) is 9.45. The molecule has 2 aromatic rings. The van der Waals surface area contributed by atoms with Gasteiger partial charge in [-0.15, -0.1) is 5.10 Å². The van der Waals surface area contributed by atoms with Crippen LogP contribution in [-0.4, -0.2) is 64.4 Å². The monoisotopic (exact) mass is 383 g/mol. The van der Waals surface area contributed by atoms with E-state index in [4.69, 9.17) is 5.11 Å². The van der Waals surface area contributed by atoms with Crippen molar-refractivity contribution in [1.82, 2.24) is 20.4 Å². The molecule has 148 valence electrons. The molecule has 0 saturated carbocycles. The van der Waals surface area contributed by atoms with E-state index in [0.29, 0.717) is 39.0 Å². The van der Waals surface area contributed by atoms with E-state index in [1.54, 1.807) is 11.1 Å². The Balaban J connectivity index is 1.55. The van der Waals surface area contributed by atoms with Gasteiger partial charge in [-0.05, 0) is 30.5 Å². The van der Waals surface area contributed by atoms with Gasteiger partial charge in [0, 0.05) is 44.8 Å². The minimum absolute atomic E-state index is 0.0260. The van der Waals surface area contributed by atoms with E-state index in [-0.39, 0.29) is 18.5 Å². The molecule has 8 heteroatoms. The van der Waals surface area contributed by atoms with Gasteiger partial charge in [-0.25, -0.2) is 4.79 Å². The van der Waals surface area contributed by atoms with Crippen LogP contribution in [0.15, 0.2) is 48.7 Å². The fourth-order valence-corrected chi connectivity index (χ4v) is 3.29. The van der Waals surface area contributed by atoms with Crippen molar-refractivity contribution in [2.45, 2.75) is 25.3 Å². The van der Waals surface area contributed by atoms with Gasteiger partial charge in [0.25, 0.3) is 0 Å². The van der Waals surface area contributed by atoms with Crippen LogP contribution in [0, 0.1) is 0 Å². The number of carboxylic acids is 1. The van der Waals surface area contributed by atoms with Crippen LogP contribution >= 0.6 is 0 Å². The summed E-state index contributed by atoms with van der Waals surface area (Å²) in [4.78, 5) is 27.6. The van der Waals surface area contributed by atoms with E-state index in [0.717, 1.165) is 11.4 Å². The first-order valence-electron chi connectivity index (χ1n) is 9.45. The lowest BCUT2D eigenvalue weighted by Gasteiger charge is -2.36. The van der Waals surface area contributed by atoms with E-state index >= 15 is 0 Å². The molecule has 2 N–H and O–H groups in total. The van der Waals surface area contributed by atoms with Gasteiger partial charge in [-0.3, -0.25) is 4.79 Å². The Bertz CT molecular complexity index is 764. The van der Waals surface area contributed by atoms with Crippen LogP contribution in [0.5, 0.6) is 0 Å². The number of nitrogens with zero attached hydrogens (tertiary/aromatic N) is 4. The largest absolute Gasteiger partial charge is 0.481 e. The molecule has 1 fully saturated rings. The van der Waals surface area contributed by atoms with Gasteiger partial charge in [0.2, 0.25) is 0 Å². The summed E-state index contributed by atoms with van der Waals surface area (Å²) in [6, 6.07) is 13.2. The SMILES string of the molecule is O=C(O)CCC(Cc1ccccc1)NC(=O)N1CCN(c2cccnn2)CC1. The highest BCUT2D eigenvalue weighted by molar-refractivity contribution is 5.75. The van der Waals surface area contributed by atoms with Crippen LogP contribution < -0.4 is 10.2 Å². The Hall–Kier alpha value is -3.16. The summed E-state index contributed by atoms with van der Waals surface area (Å²) in [5.41, 5.74) is 1.07. The molecule has 0 radical (unpaired) electrons. The van der Waals surface area contributed by atoms with Gasteiger partial charge in [0.1, 0.15) is 0 Å². The summed E-state index contributed by atoms with van der Waals surface area (Å²) in [5, 5.41) is 20.0. The van der Waals surface area contributed by atoms with Crippen LogP contribution in [-0.2, 0) is 11.2 Å². The lowest BCUT2D eigenvalue weighted by atomic mass is 10.0. The molecule has 1 unspecified atom stereocenters. The molecule has 1 aromatic carbocycles. The van der Waals surface area contributed by atoms with Gasteiger partial charge in [0.15, 0.2) is 5.82 Å². The zero-order chi connectivity index (χ0) is 19.8. The molecule has 3 rings (SSSR count). The van der Waals surface area contributed by atoms with Crippen LogP contribution in [0.4, 0.5) is 10.6 Å². The minimum Gasteiger partial charge on any atom is -0.481 e. The zero-order valence-electron chi connectivity index (χ0n) is 15.7. The molecule has 0 aliphatic carbocycles. The number of hydrogen-bond donors (Lipinski definition) is 2. The predicted molar refractivity (Wildman–Crippen MR) is 105 cm³/mol. The number of urea groups is 1. The average Bonchev–Trinajstić information content (AvgIpc) is 2.73. The molecule has 8 nitrogen and oxygen atoms in total. The number of carbonyl (C=O) groups excluding carboxylic acids is 1. The van der Waals surface area contributed by atoms with Gasteiger partial charge in [0.05, 0.1) is 0 Å². The third-order valence-corrected chi connectivity index (χ3v) is 4.81. The minimum atomic E-state index is -0.857. The van der Waals surface area contributed by atoms with Crippen molar-refractivity contribution < 1.29 is 14.7 Å². The number of carboxylic acid groups (broad SMARTS) is 1. The molecule has 0 spiro atoms. The molecule has 1 saturated heterocycles. The molecular formula is C20H25N5O3. The summed E-state index contributed by atoms with van der Waals surface area (Å²) >= 11 is 0. The van der Waals surface area contributed by atoms with Crippen molar-refractivity contribution in [3.05, 3.63) is 54.2 Å². The third kappa shape index (κ3) is 5.67. The van der Waals surface area contributed by atoms with Crippen LogP contribution in [0.3, 0.4) is 0 Å². The maximum absolute atomic E-state index is 12.7. The number of amides is 2. The van der Waals surface area contributed by atoms with Crippen LogP contribution in [0.1, 0.15) is 18.4 Å². The lowest BCUT2D eigenvalue weighted by molar-refractivity contribution is -0.137. The molecule has 1 atom stereocenters. The predicted octanol–water partition coefficient (Wildman–Crippen LogP) is 1.78. The Morgan fingerprint density at radius 3 is 2.46 bits per heavy atom. The summed E-state index contributed by atoms with van der Waals surface area (Å²) in [6.45, 7) is 2.54. The number of piperazine rings is 1. The second-order valence-electron chi connectivity index (χ2n) is 6.82. The van der Waals surface area contributed by atoms with E-state index < -0.39 is 5.97 Å². The van der Waals surface area contributed by atoms with Crippen molar-refractivity contribution in [2.24, 2.45) is 0 Å². The number of benzene rings is 1. The van der Waals surface area contributed by atoms with Crippen molar-refractivity contribution in [1.29, 1.82) is 0 Å². The topological polar surface area (TPSA) is 98.7 Å². The maximum Gasteiger partial charge on any atom is 0.317 e. The summed E-state index contributed by atoms with van der Waals surface area (Å²) < 4.78 is 0. The third-order valence-electron chi connectivity index (χ3n) is 4.81. The zero-order valence-corrected chi connectivity index (χ0v) is 15.7. The number of hydrogen-bond acceptors (Lipinski definition) is 5. The first kappa shape index (κ1) is 19.6. The van der Waals surface area contributed by atoms with Crippen LogP contribution in [0.25, 0.3) is 0 Å². The van der Waals surface area contributed by atoms with Gasteiger partial charge >= 0.3 is 12.0 Å². The highest BCUT2D eigenvalue weighted by atomic mass is 16.4. The Morgan fingerprint density at radius 1 is 1.07 bits per heavy atom. The molecule has 1 aromatic heterocycles. The summed E-state index contributed by atoms with van der Waals surface area (Å²) in [6.07, 6.45) is 2.67. The molecule has 1 aliphatic rings. The van der Waals surface area contributed by atoms with Crippen molar-refractivity contribution >= 4 is 17.8 Å². The number of aliphatic carboxylic acids is 1. The van der Waals surface area contributed by atoms with E-state index in [9.17, 15) is 9.59 Å². The number of anilines is 1. The van der Waals surface area contributed by atoms with E-state index in [1.807, 2.05) is 42.5 Å². The molecule has 28 heavy (non-hydrogen) atoms. The summed E-state index contributed by atoms with van der Waals surface area (Å²) in [7, 11) is 0. The second-order valence-corrected chi connectivity index (χ2v) is 6.82. The molecule has 2 heterocycles. The standard InChI is InChI=1S/C20H25N5O3/c26-19(27)9-8-17(15-16-5-2-1-3-6-16)22-20(28)25-13-11-24(12-14-25)18-7-4-10-21-23-18/h1-7,10,17H,8-9,11-15H2,(H,22,28)(H,26,27). The van der Waals surface area contributed by atoms with Gasteiger partial charge in [-0.2, -0.15) is 5.10 Å². The van der Waals surface area contributed by atoms with Crippen molar-refractivity contribution in [2.75, 3.05) is 31.1 Å². The van der Waals surface area contributed by atoms with Crippen molar-refractivity contribution in [3.63, 3.8) is 0 Å². The Kier molecular flexibility index (Phi) is 6.78. The van der Waals surface area contributed by atoms with E-state index in [1.165, 1.54) is 0 Å². The smallest absolute Gasteiger partial charge is 0.317 e. The van der Waals surface area contributed by atoms with E-state index in [2.05, 4.69) is 20.4 Å². The molecule has 0 bridgehead atoms. The highest BCUT2D eigenvalue weighted by Crippen LogP contribution is 2.13. The summed E-state index contributed by atoms with van der Waals surface area (Å²) in [5.74, 6) is -0.0455. The van der Waals surface area contributed by atoms with Crippen LogP contribution in [0.2, 0.25) is 0 Å². The van der Waals surface area contributed by atoms with Crippen molar-refractivity contribution in [3.8, 4) is 0 Å². The number of nitrogens with one attached hydrogen (secondary N) is 1. The number of aromatic nitrogens is 2. The maximum atomic E-state index is 12.7. The average molecular weight is 383 g/mol. The Morgan fingerprint density at radius 2 is 1.82 bits per heavy atom. The molecule has 2 amide bonds. The highest BCUT2D eigenvalue weighted by Gasteiger charge is 2.24. The van der Waals surface area contributed by atoms with Gasteiger partial charge in [-0.1, -0.05) is 30.3 Å². The quantitative estimate of drug-likeness (QED) is 0.756. The first-order chi connectivity index (χ1) is 13.6. The second kappa shape index (κ2) is 9.68. The number of rotatable bonds is 7. The lowest BCUT2D eigenvalue weighted by Crippen LogP contribution is -2.54. The molecule has 1 aliphatic heterocycles. The fourth-order valence-electron chi connectivity index (χ4n) is 3.29. The van der Waals surface area contributed by atoms with Gasteiger partial charge < -0.3 is 20.2 Å². The molecular weight excluding hydrogens is 358 g/mol. The number of carbonyl (C=O) groups is 2.